The molecule has 0 amide bonds. The maximum atomic E-state index is 9.96. The predicted molar refractivity (Wildman–Crippen MR) is 76.4 cm³/mol. The Balaban J connectivity index is 1.79. The van der Waals surface area contributed by atoms with Crippen molar-refractivity contribution in [3.63, 3.8) is 0 Å². The molecular weight excluding hydrogens is 240 g/mol. The van der Waals surface area contributed by atoms with Crippen molar-refractivity contribution in [2.45, 2.75) is 26.4 Å². The average Bonchev–Trinajstić information content (AvgIpc) is 2.42. The van der Waals surface area contributed by atoms with Crippen molar-refractivity contribution in [2.75, 3.05) is 32.8 Å². The van der Waals surface area contributed by atoms with Gasteiger partial charge in [-0.15, -0.1) is 0 Å². The number of nitrogens with zero attached hydrogens (tertiary/aromatic N) is 1. The van der Waals surface area contributed by atoms with E-state index in [2.05, 4.69) is 17.1 Å². The third kappa shape index (κ3) is 4.20. The third-order valence-electron chi connectivity index (χ3n) is 3.60. The Labute approximate surface area is 115 Å². The fraction of sp³-hybridized carbons (Fsp3) is 0.600. The second-order valence-electron chi connectivity index (χ2n) is 5.28. The lowest BCUT2D eigenvalue weighted by Crippen LogP contribution is -2.44. The minimum Gasteiger partial charge on any atom is -0.507 e. The number of aromatic hydroxyl groups is 1. The molecule has 4 heteroatoms. The molecular formula is C15H24N2O2. The van der Waals surface area contributed by atoms with Gasteiger partial charge < -0.3 is 15.2 Å². The van der Waals surface area contributed by atoms with Gasteiger partial charge in [0.2, 0.25) is 0 Å². The van der Waals surface area contributed by atoms with E-state index in [0.717, 1.165) is 44.0 Å². The van der Waals surface area contributed by atoms with E-state index in [1.165, 1.54) is 0 Å². The maximum absolute atomic E-state index is 9.96. The number of benzene rings is 1. The Morgan fingerprint density at radius 2 is 2.11 bits per heavy atom. The van der Waals surface area contributed by atoms with E-state index in [1.54, 1.807) is 0 Å². The number of aryl methyl sites for hydroxylation is 1. The van der Waals surface area contributed by atoms with Crippen LogP contribution in [-0.2, 0) is 11.3 Å². The molecule has 106 valence electrons. The molecule has 1 aromatic carbocycles. The Bertz CT molecular complexity index is 403. The standard InChI is InChI=1S/C15H24N2O2/c1-12-4-3-5-14(15(12)18)10-16-13(2)11-17-6-8-19-9-7-17/h3-5,13,16,18H,6-11H2,1-2H3. The van der Waals surface area contributed by atoms with Crippen LogP contribution in [0.3, 0.4) is 0 Å². The highest BCUT2D eigenvalue weighted by atomic mass is 16.5. The second kappa shape index (κ2) is 6.89. The van der Waals surface area contributed by atoms with Gasteiger partial charge in [-0.05, 0) is 19.4 Å². The van der Waals surface area contributed by atoms with Gasteiger partial charge in [-0.2, -0.15) is 0 Å². The van der Waals surface area contributed by atoms with Crippen molar-refractivity contribution < 1.29 is 9.84 Å². The molecule has 2 rings (SSSR count). The zero-order valence-corrected chi connectivity index (χ0v) is 11.9. The highest BCUT2D eigenvalue weighted by Gasteiger charge is 2.13. The van der Waals surface area contributed by atoms with Gasteiger partial charge in [0.25, 0.3) is 0 Å². The molecule has 4 nitrogen and oxygen atoms in total. The topological polar surface area (TPSA) is 44.7 Å². The first kappa shape index (κ1) is 14.3. The van der Waals surface area contributed by atoms with E-state index in [1.807, 2.05) is 25.1 Å². The minimum absolute atomic E-state index is 0.401. The summed E-state index contributed by atoms with van der Waals surface area (Å²) in [5, 5.41) is 13.4. The molecule has 0 aromatic heterocycles. The Morgan fingerprint density at radius 1 is 1.37 bits per heavy atom. The zero-order chi connectivity index (χ0) is 13.7. The van der Waals surface area contributed by atoms with Crippen LogP contribution in [0.4, 0.5) is 0 Å². The highest BCUT2D eigenvalue weighted by Crippen LogP contribution is 2.21. The number of phenols is 1. The van der Waals surface area contributed by atoms with Crippen LogP contribution in [-0.4, -0.2) is 48.9 Å². The largest absolute Gasteiger partial charge is 0.507 e. The number of hydrogen-bond acceptors (Lipinski definition) is 4. The van der Waals surface area contributed by atoms with Crippen LogP contribution >= 0.6 is 0 Å². The molecule has 1 unspecified atom stereocenters. The fourth-order valence-electron chi connectivity index (χ4n) is 2.38. The molecule has 0 spiro atoms. The lowest BCUT2D eigenvalue weighted by molar-refractivity contribution is 0.0343. The number of ether oxygens (including phenoxy) is 1. The molecule has 1 fully saturated rings. The molecule has 19 heavy (non-hydrogen) atoms. The maximum Gasteiger partial charge on any atom is 0.122 e. The fourth-order valence-corrected chi connectivity index (χ4v) is 2.38. The number of hydrogen-bond donors (Lipinski definition) is 2. The second-order valence-corrected chi connectivity index (χ2v) is 5.28. The van der Waals surface area contributed by atoms with Crippen molar-refractivity contribution in [1.82, 2.24) is 10.2 Å². The van der Waals surface area contributed by atoms with Crippen LogP contribution in [0.2, 0.25) is 0 Å². The lowest BCUT2D eigenvalue weighted by atomic mass is 10.1. The first-order chi connectivity index (χ1) is 9.16. The molecule has 1 heterocycles. The van der Waals surface area contributed by atoms with Crippen molar-refractivity contribution in [1.29, 1.82) is 0 Å². The summed E-state index contributed by atoms with van der Waals surface area (Å²) in [6, 6.07) is 6.28. The van der Waals surface area contributed by atoms with Crippen LogP contribution in [0.1, 0.15) is 18.1 Å². The van der Waals surface area contributed by atoms with Gasteiger partial charge in [-0.3, -0.25) is 4.90 Å². The Hall–Kier alpha value is -1.10. The van der Waals surface area contributed by atoms with Crippen LogP contribution in [0.5, 0.6) is 5.75 Å². The van der Waals surface area contributed by atoms with Crippen LogP contribution in [0.15, 0.2) is 18.2 Å². The molecule has 1 aromatic rings. The van der Waals surface area contributed by atoms with Crippen molar-refractivity contribution in [3.05, 3.63) is 29.3 Å². The van der Waals surface area contributed by atoms with Gasteiger partial charge in [0.1, 0.15) is 5.75 Å². The normalized spacial score (nSPS) is 18.4. The molecule has 0 saturated carbocycles. The van der Waals surface area contributed by atoms with Crippen molar-refractivity contribution in [3.8, 4) is 5.75 Å². The van der Waals surface area contributed by atoms with E-state index >= 15 is 0 Å². The lowest BCUT2D eigenvalue weighted by Gasteiger charge is -2.29. The SMILES string of the molecule is Cc1cccc(CNC(C)CN2CCOCC2)c1O. The first-order valence-electron chi connectivity index (χ1n) is 6.98. The molecule has 1 saturated heterocycles. The zero-order valence-electron chi connectivity index (χ0n) is 11.9. The quantitative estimate of drug-likeness (QED) is 0.846. The molecule has 0 aliphatic carbocycles. The van der Waals surface area contributed by atoms with E-state index in [4.69, 9.17) is 4.74 Å². The van der Waals surface area contributed by atoms with Gasteiger partial charge in [-0.25, -0.2) is 0 Å². The molecule has 1 aliphatic heterocycles. The van der Waals surface area contributed by atoms with Crippen molar-refractivity contribution in [2.24, 2.45) is 0 Å². The minimum atomic E-state index is 0.401. The van der Waals surface area contributed by atoms with E-state index in [0.29, 0.717) is 18.3 Å². The molecule has 0 radical (unpaired) electrons. The molecule has 2 N–H and O–H groups in total. The predicted octanol–water partition coefficient (Wildman–Crippen LogP) is 1.51. The summed E-state index contributed by atoms with van der Waals surface area (Å²) >= 11 is 0. The number of phenolic OH excluding ortho intramolecular Hbond substituents is 1. The number of morpholine rings is 1. The molecule has 0 bridgehead atoms. The highest BCUT2D eigenvalue weighted by molar-refractivity contribution is 5.39. The van der Waals surface area contributed by atoms with Crippen LogP contribution in [0.25, 0.3) is 0 Å². The third-order valence-corrected chi connectivity index (χ3v) is 3.60. The number of para-hydroxylation sites is 1. The first-order valence-corrected chi connectivity index (χ1v) is 6.98. The van der Waals surface area contributed by atoms with Gasteiger partial charge >= 0.3 is 0 Å². The molecule has 1 aliphatic rings. The average molecular weight is 264 g/mol. The summed E-state index contributed by atoms with van der Waals surface area (Å²) in [6.45, 7) is 9.55. The monoisotopic (exact) mass is 264 g/mol. The van der Waals surface area contributed by atoms with E-state index < -0.39 is 0 Å². The summed E-state index contributed by atoms with van der Waals surface area (Å²) in [5.41, 5.74) is 1.90. The summed E-state index contributed by atoms with van der Waals surface area (Å²) in [4.78, 5) is 2.41. The Kier molecular flexibility index (Phi) is 5.19. The van der Waals surface area contributed by atoms with E-state index in [-0.39, 0.29) is 0 Å². The molecule has 1 atom stereocenters. The van der Waals surface area contributed by atoms with Gasteiger partial charge in [-0.1, -0.05) is 18.2 Å². The van der Waals surface area contributed by atoms with Gasteiger partial charge in [0.15, 0.2) is 0 Å². The van der Waals surface area contributed by atoms with Gasteiger partial charge in [0.05, 0.1) is 13.2 Å². The van der Waals surface area contributed by atoms with E-state index in [9.17, 15) is 5.11 Å². The number of rotatable bonds is 5. The number of nitrogens with one attached hydrogen (secondary N) is 1. The summed E-state index contributed by atoms with van der Waals surface area (Å²) in [7, 11) is 0. The smallest absolute Gasteiger partial charge is 0.122 e. The summed E-state index contributed by atoms with van der Waals surface area (Å²) in [6.07, 6.45) is 0. The summed E-state index contributed by atoms with van der Waals surface area (Å²) in [5.74, 6) is 0.411. The van der Waals surface area contributed by atoms with Gasteiger partial charge in [0, 0.05) is 37.8 Å². The van der Waals surface area contributed by atoms with Crippen LogP contribution in [0, 0.1) is 6.92 Å². The van der Waals surface area contributed by atoms with Crippen LogP contribution < -0.4 is 5.32 Å². The Morgan fingerprint density at radius 3 is 2.84 bits per heavy atom. The van der Waals surface area contributed by atoms with Crippen molar-refractivity contribution >= 4 is 0 Å². The summed E-state index contributed by atoms with van der Waals surface area (Å²) < 4.78 is 5.34.